The summed E-state index contributed by atoms with van der Waals surface area (Å²) >= 11 is 0. The second kappa shape index (κ2) is 16.0. The van der Waals surface area contributed by atoms with Crippen LogP contribution in [0.2, 0.25) is 0 Å². The summed E-state index contributed by atoms with van der Waals surface area (Å²) in [7, 11) is 0. The summed E-state index contributed by atoms with van der Waals surface area (Å²) < 4.78 is 0. The average molecular weight is 485 g/mol. The minimum Gasteiger partial charge on any atom is -0.549 e. The van der Waals surface area contributed by atoms with E-state index in [4.69, 9.17) is 5.11 Å². The molecule has 1 rings (SSSR count). The Morgan fingerprint density at radius 3 is 1.03 bits per heavy atom. The second-order valence-corrected chi connectivity index (χ2v) is 7.32. The van der Waals surface area contributed by atoms with E-state index in [-0.39, 0.29) is 43.2 Å². The van der Waals surface area contributed by atoms with Crippen LogP contribution in [0.3, 0.4) is 0 Å². The standard InChI is InChI=1S/C18H32N4O8.Fe/c23-15(24)11-19-3-1-4-20(12-16(25)26)8-10-22(14-18(29)30)6-2-5-21(9-7-19)13-17(27)28;/h1-14H2,(H,23,24)(H,25,26)(H,27,28)(H,29,30);/q;+3/p-3. The van der Waals surface area contributed by atoms with Crippen LogP contribution in [0.1, 0.15) is 12.8 Å². The predicted molar refractivity (Wildman–Crippen MR) is 97.7 cm³/mol. The Kier molecular flexibility index (Phi) is 15.0. The third-order valence-corrected chi connectivity index (χ3v) is 4.78. The van der Waals surface area contributed by atoms with Gasteiger partial charge in [-0.05, 0) is 32.5 Å². The van der Waals surface area contributed by atoms with E-state index in [1.807, 2.05) is 0 Å². The molecule has 0 aromatic rings. The van der Waals surface area contributed by atoms with Gasteiger partial charge >= 0.3 is 23.0 Å². The molecule has 1 heterocycles. The van der Waals surface area contributed by atoms with Crippen LogP contribution in [0, 0.1) is 0 Å². The molecule has 0 amide bonds. The van der Waals surface area contributed by atoms with Crippen molar-refractivity contribution in [2.45, 2.75) is 12.8 Å². The second-order valence-electron chi connectivity index (χ2n) is 7.32. The molecule has 1 aliphatic rings. The summed E-state index contributed by atoms with van der Waals surface area (Å²) in [6.07, 6.45) is 0.960. The van der Waals surface area contributed by atoms with Gasteiger partial charge in [0.1, 0.15) is 0 Å². The van der Waals surface area contributed by atoms with Gasteiger partial charge in [-0.15, -0.1) is 0 Å². The van der Waals surface area contributed by atoms with Gasteiger partial charge in [0.25, 0.3) is 0 Å². The predicted octanol–water partition coefficient (Wildman–Crippen LogP) is -5.68. The molecule has 1 fully saturated rings. The molecule has 31 heavy (non-hydrogen) atoms. The normalized spacial score (nSPS) is 19.1. The van der Waals surface area contributed by atoms with E-state index in [1.165, 1.54) is 0 Å². The van der Waals surface area contributed by atoms with Crippen molar-refractivity contribution >= 4 is 23.9 Å². The van der Waals surface area contributed by atoms with Crippen LogP contribution in [0.4, 0.5) is 0 Å². The minimum absolute atomic E-state index is 0. The van der Waals surface area contributed by atoms with Gasteiger partial charge in [0.05, 0.1) is 24.5 Å². The van der Waals surface area contributed by atoms with E-state index in [0.717, 1.165) is 0 Å². The van der Waals surface area contributed by atoms with Gasteiger partial charge in [0.2, 0.25) is 0 Å². The fourth-order valence-electron chi connectivity index (χ4n) is 3.42. The van der Waals surface area contributed by atoms with Gasteiger partial charge in [0, 0.05) is 52.4 Å². The molecule has 13 heteroatoms. The fraction of sp³-hybridized carbons (Fsp3) is 0.778. The summed E-state index contributed by atoms with van der Waals surface area (Å²) in [6, 6.07) is 0. The monoisotopic (exact) mass is 485 g/mol. The Morgan fingerprint density at radius 1 is 0.548 bits per heavy atom. The van der Waals surface area contributed by atoms with Crippen molar-refractivity contribution < 1.29 is 56.7 Å². The largest absolute Gasteiger partial charge is 3.00 e. The first-order chi connectivity index (χ1) is 14.2. The fourth-order valence-corrected chi connectivity index (χ4v) is 3.42. The van der Waals surface area contributed by atoms with Crippen molar-refractivity contribution in [3.8, 4) is 0 Å². The topological polar surface area (TPSA) is 171 Å². The number of hydrogen-bond donors (Lipinski definition) is 1. The number of rotatable bonds is 8. The first-order valence-electron chi connectivity index (χ1n) is 9.86. The van der Waals surface area contributed by atoms with Gasteiger partial charge in [-0.2, -0.15) is 0 Å². The number of carbonyl (C=O) groups is 4. The van der Waals surface area contributed by atoms with E-state index >= 15 is 0 Å². The molecule has 1 radical (unpaired) electrons. The van der Waals surface area contributed by atoms with Crippen molar-refractivity contribution in [3.63, 3.8) is 0 Å². The van der Waals surface area contributed by atoms with Crippen molar-refractivity contribution in [3.05, 3.63) is 0 Å². The molecule has 177 valence electrons. The Morgan fingerprint density at radius 2 is 0.806 bits per heavy atom. The summed E-state index contributed by atoms with van der Waals surface area (Å²) in [6.45, 7) is 1.56. The van der Waals surface area contributed by atoms with E-state index in [0.29, 0.717) is 65.2 Å². The SMILES string of the molecule is O=C([O-])CN1CCCN(CC(=O)[O-])CCN(CC(=O)O)CCCN(CC(=O)[O-])CC1.[Fe+3]. The van der Waals surface area contributed by atoms with Crippen LogP contribution in [0.15, 0.2) is 0 Å². The molecule has 0 aromatic carbocycles. The molecule has 0 bridgehead atoms. The molecule has 0 aliphatic carbocycles. The summed E-state index contributed by atoms with van der Waals surface area (Å²) in [5.41, 5.74) is 0. The summed E-state index contributed by atoms with van der Waals surface area (Å²) in [5.74, 6) is -4.75. The molecule has 0 unspecified atom stereocenters. The van der Waals surface area contributed by atoms with Crippen LogP contribution in [0.25, 0.3) is 0 Å². The van der Waals surface area contributed by atoms with Gasteiger partial charge in [0.15, 0.2) is 0 Å². The van der Waals surface area contributed by atoms with Crippen LogP contribution in [-0.2, 0) is 36.2 Å². The summed E-state index contributed by atoms with van der Waals surface area (Å²) in [5, 5.41) is 42.2. The van der Waals surface area contributed by atoms with Crippen LogP contribution < -0.4 is 15.3 Å². The zero-order valence-corrected chi connectivity index (χ0v) is 18.5. The molecular formula is C18H29FeN4O8. The Balaban J connectivity index is 0.00000900. The third-order valence-electron chi connectivity index (χ3n) is 4.78. The number of nitrogens with zero attached hydrogens (tertiary/aromatic N) is 4. The average Bonchev–Trinajstić information content (AvgIpc) is 2.60. The van der Waals surface area contributed by atoms with Gasteiger partial charge in [-0.1, -0.05) is 0 Å². The molecule has 1 aliphatic heterocycles. The van der Waals surface area contributed by atoms with E-state index in [2.05, 4.69) is 0 Å². The zero-order chi connectivity index (χ0) is 22.5. The van der Waals surface area contributed by atoms with Crippen LogP contribution in [-0.4, -0.2) is 127 Å². The number of hydrogen-bond acceptors (Lipinski definition) is 11. The van der Waals surface area contributed by atoms with E-state index < -0.39 is 23.9 Å². The maximum absolute atomic E-state index is 11.1. The molecular weight excluding hydrogens is 456 g/mol. The van der Waals surface area contributed by atoms with Crippen molar-refractivity contribution in [1.82, 2.24) is 19.6 Å². The first kappa shape index (κ1) is 29.2. The first-order valence-corrected chi connectivity index (χ1v) is 9.86. The Bertz CT molecular complexity index is 497. The third kappa shape index (κ3) is 14.8. The van der Waals surface area contributed by atoms with E-state index in [9.17, 15) is 34.5 Å². The molecule has 0 saturated carbocycles. The van der Waals surface area contributed by atoms with Gasteiger partial charge in [-0.25, -0.2) is 0 Å². The molecule has 1 saturated heterocycles. The molecule has 12 nitrogen and oxygen atoms in total. The number of carboxylic acids is 4. The van der Waals surface area contributed by atoms with Crippen LogP contribution in [0.5, 0.6) is 0 Å². The number of carbonyl (C=O) groups excluding carboxylic acids is 3. The maximum Gasteiger partial charge on any atom is 3.00 e. The Labute approximate surface area is 191 Å². The smallest absolute Gasteiger partial charge is 0.549 e. The van der Waals surface area contributed by atoms with Gasteiger partial charge in [-0.3, -0.25) is 24.4 Å². The van der Waals surface area contributed by atoms with E-state index in [1.54, 1.807) is 19.6 Å². The maximum atomic E-state index is 11.1. The molecule has 0 spiro atoms. The minimum atomic E-state index is -1.25. The van der Waals surface area contributed by atoms with Gasteiger partial charge < -0.3 is 34.8 Å². The molecule has 0 atom stereocenters. The molecule has 0 aromatic heterocycles. The quantitative estimate of drug-likeness (QED) is 0.324. The Hall–Kier alpha value is -1.76. The summed E-state index contributed by atoms with van der Waals surface area (Å²) in [4.78, 5) is 50.7. The zero-order valence-electron chi connectivity index (χ0n) is 17.3. The number of aliphatic carboxylic acids is 4. The molecule has 1 N–H and O–H groups in total. The van der Waals surface area contributed by atoms with Crippen LogP contribution >= 0.6 is 0 Å². The van der Waals surface area contributed by atoms with Crippen molar-refractivity contribution in [1.29, 1.82) is 0 Å². The van der Waals surface area contributed by atoms with Crippen molar-refractivity contribution in [2.24, 2.45) is 0 Å². The van der Waals surface area contributed by atoms with Crippen molar-refractivity contribution in [2.75, 3.05) is 78.5 Å². The number of carboxylic acid groups (broad SMARTS) is 4.